The second-order valence-electron chi connectivity index (χ2n) is 13.7. The summed E-state index contributed by atoms with van der Waals surface area (Å²) in [7, 11) is 0. The van der Waals surface area contributed by atoms with Crippen LogP contribution in [0.2, 0.25) is 0 Å². The van der Waals surface area contributed by atoms with Gasteiger partial charge in [-0.25, -0.2) is 0 Å². The minimum atomic E-state index is -0.436. The predicted octanol–water partition coefficient (Wildman–Crippen LogP) is 11.5. The highest BCUT2D eigenvalue weighted by Crippen LogP contribution is 2.57. The molecule has 0 atom stereocenters. The second-order valence-corrected chi connectivity index (χ2v) is 13.7. The molecular formula is C46H33N. The molecule has 2 aliphatic carbocycles. The molecule has 1 heteroatoms. The van der Waals surface area contributed by atoms with Gasteiger partial charge in [0.15, 0.2) is 0 Å². The zero-order valence-electron chi connectivity index (χ0n) is 26.5. The van der Waals surface area contributed by atoms with Gasteiger partial charge in [-0.15, -0.1) is 0 Å². The van der Waals surface area contributed by atoms with Crippen molar-refractivity contribution in [2.75, 3.05) is 0 Å². The van der Waals surface area contributed by atoms with Crippen LogP contribution >= 0.6 is 0 Å². The monoisotopic (exact) mass is 599 g/mol. The molecule has 0 saturated carbocycles. The summed E-state index contributed by atoms with van der Waals surface area (Å²) >= 11 is 0. The van der Waals surface area contributed by atoms with Crippen LogP contribution in [0.25, 0.3) is 49.7 Å². The van der Waals surface area contributed by atoms with E-state index in [1.54, 1.807) is 0 Å². The Morgan fingerprint density at radius 1 is 0.426 bits per heavy atom. The molecular weight excluding hydrogens is 567 g/mol. The summed E-state index contributed by atoms with van der Waals surface area (Å²) in [5.74, 6) is 0. The van der Waals surface area contributed by atoms with Gasteiger partial charge < -0.3 is 4.57 Å². The van der Waals surface area contributed by atoms with Crippen molar-refractivity contribution in [2.24, 2.45) is 0 Å². The fourth-order valence-corrected chi connectivity index (χ4v) is 9.18. The Morgan fingerprint density at radius 2 is 0.979 bits per heavy atom. The topological polar surface area (TPSA) is 4.93 Å². The molecule has 8 aromatic rings. The van der Waals surface area contributed by atoms with Gasteiger partial charge in [0.25, 0.3) is 0 Å². The summed E-state index contributed by atoms with van der Waals surface area (Å²) < 4.78 is 2.51. The summed E-state index contributed by atoms with van der Waals surface area (Å²) in [6, 6.07) is 61.0. The maximum atomic E-state index is 2.51. The molecule has 7 aromatic carbocycles. The van der Waals surface area contributed by atoms with Gasteiger partial charge in [-0.3, -0.25) is 0 Å². The zero-order chi connectivity index (χ0) is 31.3. The van der Waals surface area contributed by atoms with Crippen molar-refractivity contribution in [3.8, 4) is 27.9 Å². The van der Waals surface area contributed by atoms with Gasteiger partial charge in [0.05, 0.1) is 16.4 Å². The number of nitrogens with zero attached hydrogens (tertiary/aromatic N) is 1. The summed E-state index contributed by atoms with van der Waals surface area (Å²) in [6.07, 6.45) is 0. The second kappa shape index (κ2) is 9.44. The summed E-state index contributed by atoms with van der Waals surface area (Å²) in [4.78, 5) is 0. The van der Waals surface area contributed by atoms with E-state index in [4.69, 9.17) is 0 Å². The smallest absolute Gasteiger partial charge is 0.0714 e. The molecule has 0 fully saturated rings. The normalized spacial score (nSPS) is 14.9. The van der Waals surface area contributed by atoms with E-state index in [1.165, 1.54) is 83.1 Å². The Balaban J connectivity index is 1.31. The minimum Gasteiger partial charge on any atom is -0.309 e. The van der Waals surface area contributed by atoms with Crippen LogP contribution in [0, 0.1) is 0 Å². The molecule has 222 valence electrons. The van der Waals surface area contributed by atoms with Crippen LogP contribution in [0.4, 0.5) is 0 Å². The van der Waals surface area contributed by atoms with Crippen molar-refractivity contribution < 1.29 is 0 Å². The average Bonchev–Trinajstić information content (AvgIpc) is 3.70. The number of benzene rings is 7. The van der Waals surface area contributed by atoms with E-state index in [0.29, 0.717) is 0 Å². The van der Waals surface area contributed by atoms with Crippen molar-refractivity contribution in [3.63, 3.8) is 0 Å². The Morgan fingerprint density at radius 3 is 1.70 bits per heavy atom. The van der Waals surface area contributed by atoms with Crippen LogP contribution in [0.15, 0.2) is 164 Å². The molecule has 0 unspecified atom stereocenters. The largest absolute Gasteiger partial charge is 0.309 e. The Labute approximate surface area is 275 Å². The maximum Gasteiger partial charge on any atom is 0.0714 e. The average molecular weight is 600 g/mol. The Hall–Kier alpha value is -5.66. The third kappa shape index (κ3) is 3.34. The molecule has 0 bridgehead atoms. The van der Waals surface area contributed by atoms with E-state index in [9.17, 15) is 0 Å². The molecule has 0 saturated heterocycles. The number of para-hydroxylation sites is 1. The minimum absolute atomic E-state index is 0.101. The molecule has 47 heavy (non-hydrogen) atoms. The molecule has 10 rings (SSSR count). The molecule has 1 aromatic heterocycles. The quantitative estimate of drug-likeness (QED) is 0.190. The lowest BCUT2D eigenvalue weighted by atomic mass is 9.67. The summed E-state index contributed by atoms with van der Waals surface area (Å²) in [5.41, 5.74) is 16.5. The van der Waals surface area contributed by atoms with E-state index >= 15 is 0 Å². The van der Waals surface area contributed by atoms with Crippen molar-refractivity contribution in [2.45, 2.75) is 24.7 Å². The molecule has 0 amide bonds. The van der Waals surface area contributed by atoms with Crippen LogP contribution in [-0.2, 0) is 10.8 Å². The van der Waals surface area contributed by atoms with E-state index < -0.39 is 5.41 Å². The lowest BCUT2D eigenvalue weighted by molar-refractivity contribution is 0.666. The van der Waals surface area contributed by atoms with Gasteiger partial charge in [0.1, 0.15) is 0 Å². The fourth-order valence-electron chi connectivity index (χ4n) is 9.18. The van der Waals surface area contributed by atoms with Crippen molar-refractivity contribution in [1.82, 2.24) is 4.57 Å². The first-order valence-corrected chi connectivity index (χ1v) is 16.6. The first-order valence-electron chi connectivity index (χ1n) is 16.6. The number of fused-ring (bicyclic) bond motifs is 10. The van der Waals surface area contributed by atoms with Gasteiger partial charge in [-0.1, -0.05) is 153 Å². The lowest BCUT2D eigenvalue weighted by Gasteiger charge is -2.34. The number of hydrogen-bond acceptors (Lipinski definition) is 0. The van der Waals surface area contributed by atoms with Crippen molar-refractivity contribution in [1.29, 1.82) is 0 Å². The molecule has 1 nitrogen and oxygen atoms in total. The number of hydrogen-bond donors (Lipinski definition) is 0. The van der Waals surface area contributed by atoms with Crippen molar-refractivity contribution in [3.05, 3.63) is 197 Å². The zero-order valence-corrected chi connectivity index (χ0v) is 26.5. The SMILES string of the molecule is CC1(C)c2ccccc2-c2ccc3c(c21)c1ccccc1n3-c1ccc2c(c1)C(c1ccccc1)(c1ccccc1)c1ccccc1-2. The van der Waals surface area contributed by atoms with Gasteiger partial charge >= 0.3 is 0 Å². The van der Waals surface area contributed by atoms with Gasteiger partial charge in [0.2, 0.25) is 0 Å². The van der Waals surface area contributed by atoms with Crippen LogP contribution in [-0.4, -0.2) is 4.57 Å². The third-order valence-corrected chi connectivity index (χ3v) is 11.1. The molecule has 0 radical (unpaired) electrons. The van der Waals surface area contributed by atoms with E-state index in [2.05, 4.69) is 182 Å². The molecule has 2 aliphatic rings. The van der Waals surface area contributed by atoms with E-state index in [0.717, 1.165) is 0 Å². The Bertz CT molecular complexity index is 2490. The highest BCUT2D eigenvalue weighted by atomic mass is 15.0. The summed E-state index contributed by atoms with van der Waals surface area (Å²) in [6.45, 7) is 4.79. The highest BCUT2D eigenvalue weighted by Gasteiger charge is 2.46. The van der Waals surface area contributed by atoms with Crippen LogP contribution in [0.1, 0.15) is 47.2 Å². The van der Waals surface area contributed by atoms with Crippen LogP contribution < -0.4 is 0 Å². The number of aromatic nitrogens is 1. The van der Waals surface area contributed by atoms with E-state index in [1.807, 2.05) is 0 Å². The van der Waals surface area contributed by atoms with Gasteiger partial charge in [-0.2, -0.15) is 0 Å². The molecule has 0 N–H and O–H groups in total. The number of rotatable bonds is 3. The Kier molecular flexibility index (Phi) is 5.33. The lowest BCUT2D eigenvalue weighted by Crippen LogP contribution is -2.28. The van der Waals surface area contributed by atoms with Gasteiger partial charge in [0, 0.05) is 21.9 Å². The standard InChI is InChI=1S/C46H33N/c1-45(2)38-22-12-9-20-34(38)36-27-28-42-43(44(36)45)37-21-11-14-24-41(37)47(42)32-25-26-35-33-19-10-13-23-39(33)46(40(35)29-32,30-15-5-3-6-16-30)31-17-7-4-8-18-31/h3-29H,1-2H3. The summed E-state index contributed by atoms with van der Waals surface area (Å²) in [5, 5.41) is 2.67. The van der Waals surface area contributed by atoms with Crippen LogP contribution in [0.5, 0.6) is 0 Å². The molecule has 0 aliphatic heterocycles. The van der Waals surface area contributed by atoms with E-state index in [-0.39, 0.29) is 5.41 Å². The fraction of sp³-hybridized carbons (Fsp3) is 0.0870. The third-order valence-electron chi connectivity index (χ3n) is 11.1. The first-order chi connectivity index (χ1) is 23.1. The van der Waals surface area contributed by atoms with Crippen molar-refractivity contribution >= 4 is 21.8 Å². The first kappa shape index (κ1) is 26.5. The predicted molar refractivity (Wildman–Crippen MR) is 196 cm³/mol. The highest BCUT2D eigenvalue weighted by molar-refractivity contribution is 6.14. The van der Waals surface area contributed by atoms with Crippen LogP contribution in [0.3, 0.4) is 0 Å². The maximum absolute atomic E-state index is 2.51. The molecule has 1 heterocycles. The molecule has 0 spiro atoms. The van der Waals surface area contributed by atoms with Gasteiger partial charge in [-0.05, 0) is 79.9 Å².